The molecular weight excluding hydrogens is 206 g/mol. The second kappa shape index (κ2) is 4.01. The second-order valence-electron chi connectivity index (χ2n) is 1.98. The maximum atomic E-state index is 8.06. The molecule has 0 aromatic heterocycles. The Balaban J connectivity index is 2.85. The Morgan fingerprint density at radius 3 is 2.82 bits per heavy atom. The Bertz CT molecular complexity index is 291. The summed E-state index contributed by atoms with van der Waals surface area (Å²) in [6, 6.07) is 7.66. The molecular formula is C7H6BrN3. The van der Waals surface area contributed by atoms with Crippen LogP contribution in [0.2, 0.25) is 0 Å². The van der Waals surface area contributed by atoms with Gasteiger partial charge in [0.2, 0.25) is 0 Å². The van der Waals surface area contributed by atoms with Crippen LogP contribution in [0.15, 0.2) is 33.9 Å². The first-order valence-electron chi connectivity index (χ1n) is 3.09. The van der Waals surface area contributed by atoms with Crippen molar-refractivity contribution in [2.75, 3.05) is 0 Å². The molecule has 11 heavy (non-hydrogen) atoms. The lowest BCUT2D eigenvalue weighted by Gasteiger charge is -1.96. The van der Waals surface area contributed by atoms with Crippen LogP contribution in [0.1, 0.15) is 5.56 Å². The second-order valence-corrected chi connectivity index (χ2v) is 2.83. The van der Waals surface area contributed by atoms with Crippen molar-refractivity contribution in [3.63, 3.8) is 0 Å². The highest BCUT2D eigenvalue weighted by molar-refractivity contribution is 9.10. The largest absolute Gasteiger partial charge is 0.0892 e. The number of nitrogens with zero attached hydrogens (tertiary/aromatic N) is 3. The minimum Gasteiger partial charge on any atom is -0.0892 e. The van der Waals surface area contributed by atoms with Gasteiger partial charge in [0.05, 0.1) is 6.54 Å². The van der Waals surface area contributed by atoms with Crippen LogP contribution < -0.4 is 0 Å². The number of benzene rings is 1. The standard InChI is InChI=1S/C7H6BrN3/c8-7-4-2-1-3-6(7)5-10-11-9/h1-4H,5H2. The Hall–Kier alpha value is -0.990. The van der Waals surface area contributed by atoms with Crippen molar-refractivity contribution in [1.29, 1.82) is 0 Å². The Morgan fingerprint density at radius 2 is 2.18 bits per heavy atom. The van der Waals surface area contributed by atoms with Crippen molar-refractivity contribution in [2.24, 2.45) is 5.11 Å². The van der Waals surface area contributed by atoms with Gasteiger partial charge in [0, 0.05) is 9.38 Å². The van der Waals surface area contributed by atoms with E-state index in [2.05, 4.69) is 26.0 Å². The maximum absolute atomic E-state index is 8.06. The van der Waals surface area contributed by atoms with Crippen molar-refractivity contribution < 1.29 is 0 Å². The summed E-state index contributed by atoms with van der Waals surface area (Å²) < 4.78 is 0.979. The molecule has 0 spiro atoms. The topological polar surface area (TPSA) is 48.8 Å². The lowest BCUT2D eigenvalue weighted by molar-refractivity contribution is 1.04. The van der Waals surface area contributed by atoms with Gasteiger partial charge in [-0.25, -0.2) is 0 Å². The molecule has 3 nitrogen and oxygen atoms in total. The fourth-order valence-corrected chi connectivity index (χ4v) is 1.14. The molecule has 0 amide bonds. The number of hydrogen-bond donors (Lipinski definition) is 0. The summed E-state index contributed by atoms with van der Waals surface area (Å²) >= 11 is 3.34. The highest BCUT2D eigenvalue weighted by Crippen LogP contribution is 2.16. The van der Waals surface area contributed by atoms with E-state index in [1.807, 2.05) is 24.3 Å². The molecule has 0 unspecified atom stereocenters. The molecule has 1 aromatic rings. The Morgan fingerprint density at radius 1 is 1.45 bits per heavy atom. The number of rotatable bonds is 2. The van der Waals surface area contributed by atoms with Gasteiger partial charge in [-0.15, -0.1) is 0 Å². The Kier molecular flexibility index (Phi) is 2.95. The van der Waals surface area contributed by atoms with E-state index in [1.54, 1.807) is 0 Å². The highest BCUT2D eigenvalue weighted by Gasteiger charge is 1.93. The number of azide groups is 1. The summed E-state index contributed by atoms with van der Waals surface area (Å²) in [5.41, 5.74) is 9.07. The van der Waals surface area contributed by atoms with Crippen LogP contribution in [-0.2, 0) is 6.54 Å². The van der Waals surface area contributed by atoms with Crippen LogP contribution in [0.5, 0.6) is 0 Å². The third kappa shape index (κ3) is 2.26. The van der Waals surface area contributed by atoms with Gasteiger partial charge in [0.1, 0.15) is 0 Å². The molecule has 0 aliphatic carbocycles. The molecule has 1 aromatic carbocycles. The molecule has 0 atom stereocenters. The van der Waals surface area contributed by atoms with Crippen molar-refractivity contribution in [1.82, 2.24) is 0 Å². The molecule has 0 aliphatic heterocycles. The van der Waals surface area contributed by atoms with Gasteiger partial charge in [-0.05, 0) is 17.2 Å². The normalized spacial score (nSPS) is 8.82. The van der Waals surface area contributed by atoms with Crippen LogP contribution in [-0.4, -0.2) is 0 Å². The molecule has 0 heterocycles. The van der Waals surface area contributed by atoms with Gasteiger partial charge in [-0.1, -0.05) is 39.2 Å². The minimum absolute atomic E-state index is 0.401. The summed E-state index contributed by atoms with van der Waals surface area (Å²) in [5.74, 6) is 0. The van der Waals surface area contributed by atoms with Crippen molar-refractivity contribution in [2.45, 2.75) is 6.54 Å². The quantitative estimate of drug-likeness (QED) is 0.410. The smallest absolute Gasteiger partial charge is 0.0522 e. The molecule has 1 rings (SSSR count). The van der Waals surface area contributed by atoms with Crippen LogP contribution >= 0.6 is 15.9 Å². The zero-order chi connectivity index (χ0) is 8.10. The fraction of sp³-hybridized carbons (Fsp3) is 0.143. The molecule has 0 bridgehead atoms. The third-order valence-electron chi connectivity index (χ3n) is 1.26. The van der Waals surface area contributed by atoms with Gasteiger partial charge in [0.15, 0.2) is 0 Å². The van der Waals surface area contributed by atoms with Crippen LogP contribution in [0.4, 0.5) is 0 Å². The van der Waals surface area contributed by atoms with E-state index in [9.17, 15) is 0 Å². The van der Waals surface area contributed by atoms with Gasteiger partial charge in [-0.3, -0.25) is 0 Å². The summed E-state index contributed by atoms with van der Waals surface area (Å²) in [4.78, 5) is 2.68. The van der Waals surface area contributed by atoms with Crippen molar-refractivity contribution in [3.8, 4) is 0 Å². The van der Waals surface area contributed by atoms with E-state index in [4.69, 9.17) is 5.53 Å². The van der Waals surface area contributed by atoms with E-state index in [1.165, 1.54) is 0 Å². The molecule has 56 valence electrons. The van der Waals surface area contributed by atoms with Gasteiger partial charge < -0.3 is 0 Å². The van der Waals surface area contributed by atoms with E-state index in [-0.39, 0.29) is 0 Å². The van der Waals surface area contributed by atoms with E-state index >= 15 is 0 Å². The van der Waals surface area contributed by atoms with E-state index < -0.39 is 0 Å². The van der Waals surface area contributed by atoms with Crippen LogP contribution in [0, 0.1) is 0 Å². The predicted octanol–water partition coefficient (Wildman–Crippen LogP) is 3.26. The molecule has 0 fully saturated rings. The monoisotopic (exact) mass is 211 g/mol. The lowest BCUT2D eigenvalue weighted by atomic mass is 10.2. The Labute approximate surface area is 72.8 Å². The van der Waals surface area contributed by atoms with Gasteiger partial charge >= 0.3 is 0 Å². The zero-order valence-corrected chi connectivity index (χ0v) is 7.32. The van der Waals surface area contributed by atoms with Crippen molar-refractivity contribution in [3.05, 3.63) is 44.7 Å². The maximum Gasteiger partial charge on any atom is 0.0522 e. The molecule has 4 heteroatoms. The summed E-state index contributed by atoms with van der Waals surface area (Å²) in [6.45, 7) is 0.401. The first-order valence-corrected chi connectivity index (χ1v) is 3.88. The SMILES string of the molecule is [N-]=[N+]=NCc1ccccc1Br. The van der Waals surface area contributed by atoms with E-state index in [0.29, 0.717) is 6.54 Å². The fourth-order valence-electron chi connectivity index (χ4n) is 0.734. The molecule has 0 radical (unpaired) electrons. The lowest BCUT2D eigenvalue weighted by Crippen LogP contribution is -1.80. The minimum atomic E-state index is 0.401. The molecule has 0 saturated heterocycles. The van der Waals surface area contributed by atoms with Gasteiger partial charge in [-0.2, -0.15) is 0 Å². The highest BCUT2D eigenvalue weighted by atomic mass is 79.9. The zero-order valence-electron chi connectivity index (χ0n) is 5.74. The third-order valence-corrected chi connectivity index (χ3v) is 2.04. The summed E-state index contributed by atoms with van der Waals surface area (Å²) in [5, 5.41) is 3.45. The van der Waals surface area contributed by atoms with Crippen molar-refractivity contribution >= 4 is 15.9 Å². The summed E-state index contributed by atoms with van der Waals surface area (Å²) in [7, 11) is 0. The van der Waals surface area contributed by atoms with Gasteiger partial charge in [0.25, 0.3) is 0 Å². The molecule has 0 saturated carbocycles. The predicted molar refractivity (Wildman–Crippen MR) is 47.0 cm³/mol. The molecule has 0 N–H and O–H groups in total. The number of hydrogen-bond acceptors (Lipinski definition) is 1. The van der Waals surface area contributed by atoms with Crippen LogP contribution in [0.3, 0.4) is 0 Å². The number of halogens is 1. The molecule has 0 aliphatic rings. The average Bonchev–Trinajstić information content (AvgIpc) is 2.03. The van der Waals surface area contributed by atoms with E-state index in [0.717, 1.165) is 10.0 Å². The summed E-state index contributed by atoms with van der Waals surface area (Å²) in [6.07, 6.45) is 0. The van der Waals surface area contributed by atoms with Crippen LogP contribution in [0.25, 0.3) is 10.4 Å². The first-order chi connectivity index (χ1) is 5.34. The first kappa shape index (κ1) is 8.11. The average molecular weight is 212 g/mol.